The highest BCUT2D eigenvalue weighted by atomic mass is 35.5. The Morgan fingerprint density at radius 1 is 1.09 bits per heavy atom. The molecule has 0 bridgehead atoms. The van der Waals surface area contributed by atoms with Crippen LogP contribution in [0, 0.1) is 18.6 Å². The summed E-state index contributed by atoms with van der Waals surface area (Å²) < 4.78 is 29.7. The number of nitrogens with zero attached hydrogens (tertiary/aromatic N) is 5. The van der Waals surface area contributed by atoms with E-state index in [9.17, 15) is 8.78 Å². The minimum Gasteiger partial charge on any atom is -0.325 e. The first-order valence-electron chi connectivity index (χ1n) is 10.1. The average Bonchev–Trinajstić information content (AvgIpc) is 3.32. The standard InChI is InChI=1S/C23H19ClF2N6/c1-13-10-32(17-6-3-15(25)4-7-17)22-20(13)21(24)29-23(30-22)28-16-5-8-19(18(26)9-16)31-11-14(2)27-12-31/h3-9,11-13H,10H2,1-2H3,(H,28,29,30)/t13-/m1/s1. The van der Waals surface area contributed by atoms with Crippen molar-refractivity contribution in [3.63, 3.8) is 0 Å². The molecule has 1 N–H and O–H groups in total. The predicted octanol–water partition coefficient (Wildman–Crippen LogP) is 5.90. The average molecular weight is 453 g/mol. The maximum absolute atomic E-state index is 14.7. The SMILES string of the molecule is Cc1cn(-c2ccc(Nc3nc(Cl)c4c(n3)N(c3ccc(F)cc3)C[C@H]4C)cc2F)cn1. The molecule has 5 rings (SSSR count). The topological polar surface area (TPSA) is 58.9 Å². The van der Waals surface area contributed by atoms with Gasteiger partial charge in [0.1, 0.15) is 22.6 Å². The monoisotopic (exact) mass is 452 g/mol. The zero-order chi connectivity index (χ0) is 22.4. The number of rotatable bonds is 4. The summed E-state index contributed by atoms with van der Waals surface area (Å²) >= 11 is 6.49. The molecule has 0 spiro atoms. The molecule has 0 fully saturated rings. The number of aromatic nitrogens is 4. The molecule has 4 aromatic rings. The fourth-order valence-electron chi connectivity index (χ4n) is 3.89. The van der Waals surface area contributed by atoms with E-state index < -0.39 is 5.82 Å². The molecule has 1 aliphatic heterocycles. The molecule has 32 heavy (non-hydrogen) atoms. The quantitative estimate of drug-likeness (QED) is 0.390. The lowest BCUT2D eigenvalue weighted by molar-refractivity contribution is 0.618. The summed E-state index contributed by atoms with van der Waals surface area (Å²) in [5.41, 5.74) is 3.31. The third-order valence-electron chi connectivity index (χ3n) is 5.42. The molecule has 0 amide bonds. The molecular formula is C23H19ClF2N6. The third-order valence-corrected chi connectivity index (χ3v) is 5.70. The number of hydrogen-bond donors (Lipinski definition) is 1. The Morgan fingerprint density at radius 2 is 1.88 bits per heavy atom. The van der Waals surface area contributed by atoms with Crippen LogP contribution in [0.25, 0.3) is 5.69 Å². The van der Waals surface area contributed by atoms with Crippen LogP contribution in [0.5, 0.6) is 0 Å². The number of anilines is 4. The molecule has 2 aromatic carbocycles. The van der Waals surface area contributed by atoms with Crippen molar-refractivity contribution in [1.82, 2.24) is 19.5 Å². The molecular weight excluding hydrogens is 434 g/mol. The Balaban J connectivity index is 1.47. The Bertz CT molecular complexity index is 1300. The van der Waals surface area contributed by atoms with Crippen molar-refractivity contribution in [3.8, 4) is 5.69 Å². The van der Waals surface area contributed by atoms with E-state index in [1.54, 1.807) is 41.4 Å². The zero-order valence-corrected chi connectivity index (χ0v) is 18.1. The third kappa shape index (κ3) is 3.67. The van der Waals surface area contributed by atoms with Crippen molar-refractivity contribution < 1.29 is 8.78 Å². The zero-order valence-electron chi connectivity index (χ0n) is 17.4. The van der Waals surface area contributed by atoms with E-state index in [1.165, 1.54) is 18.2 Å². The Kier molecular flexibility index (Phi) is 5.01. The maximum atomic E-state index is 14.7. The molecule has 0 aliphatic carbocycles. The molecule has 0 unspecified atom stereocenters. The summed E-state index contributed by atoms with van der Waals surface area (Å²) in [4.78, 5) is 15.1. The van der Waals surface area contributed by atoms with Crippen LogP contribution in [0.2, 0.25) is 5.15 Å². The molecule has 1 atom stereocenters. The van der Waals surface area contributed by atoms with Crippen LogP contribution < -0.4 is 10.2 Å². The fourth-order valence-corrected chi connectivity index (χ4v) is 4.24. The summed E-state index contributed by atoms with van der Waals surface area (Å²) in [5, 5.41) is 3.37. The van der Waals surface area contributed by atoms with Crippen molar-refractivity contribution in [1.29, 1.82) is 0 Å². The van der Waals surface area contributed by atoms with Crippen LogP contribution in [0.1, 0.15) is 24.1 Å². The number of benzene rings is 2. The number of fused-ring (bicyclic) bond motifs is 1. The highest BCUT2D eigenvalue weighted by Crippen LogP contribution is 2.43. The molecule has 6 nitrogen and oxygen atoms in total. The minimum absolute atomic E-state index is 0.104. The molecule has 162 valence electrons. The predicted molar refractivity (Wildman–Crippen MR) is 120 cm³/mol. The van der Waals surface area contributed by atoms with Crippen LogP contribution in [0.4, 0.5) is 31.9 Å². The van der Waals surface area contributed by atoms with E-state index in [4.69, 9.17) is 11.6 Å². The minimum atomic E-state index is -0.416. The van der Waals surface area contributed by atoms with E-state index in [0.29, 0.717) is 28.9 Å². The van der Waals surface area contributed by atoms with Crippen molar-refractivity contribution in [2.75, 3.05) is 16.8 Å². The van der Waals surface area contributed by atoms with E-state index in [-0.39, 0.29) is 17.7 Å². The maximum Gasteiger partial charge on any atom is 0.230 e. The lowest BCUT2D eigenvalue weighted by atomic mass is 10.1. The summed E-state index contributed by atoms with van der Waals surface area (Å²) in [6.07, 6.45) is 3.32. The van der Waals surface area contributed by atoms with Gasteiger partial charge in [0, 0.05) is 35.6 Å². The van der Waals surface area contributed by atoms with Gasteiger partial charge in [0.05, 0.1) is 17.7 Å². The van der Waals surface area contributed by atoms with Gasteiger partial charge in [-0.1, -0.05) is 18.5 Å². The smallest absolute Gasteiger partial charge is 0.230 e. The fraction of sp³-hybridized carbons (Fsp3) is 0.174. The van der Waals surface area contributed by atoms with Gasteiger partial charge in [0.15, 0.2) is 0 Å². The first-order valence-corrected chi connectivity index (χ1v) is 10.4. The normalized spacial score (nSPS) is 15.2. The second-order valence-corrected chi connectivity index (χ2v) is 8.13. The number of hydrogen-bond acceptors (Lipinski definition) is 5. The van der Waals surface area contributed by atoms with Crippen LogP contribution >= 0.6 is 11.6 Å². The van der Waals surface area contributed by atoms with Gasteiger partial charge < -0.3 is 14.8 Å². The van der Waals surface area contributed by atoms with Gasteiger partial charge in [-0.15, -0.1) is 0 Å². The highest BCUT2D eigenvalue weighted by molar-refractivity contribution is 6.30. The van der Waals surface area contributed by atoms with Crippen LogP contribution in [0.15, 0.2) is 55.0 Å². The van der Waals surface area contributed by atoms with Crippen molar-refractivity contribution in [2.24, 2.45) is 0 Å². The van der Waals surface area contributed by atoms with Gasteiger partial charge in [-0.2, -0.15) is 4.98 Å². The highest BCUT2D eigenvalue weighted by Gasteiger charge is 2.32. The molecule has 0 saturated carbocycles. The second-order valence-electron chi connectivity index (χ2n) is 7.78. The number of halogens is 3. The van der Waals surface area contributed by atoms with E-state index in [2.05, 4.69) is 20.3 Å². The van der Waals surface area contributed by atoms with Crippen LogP contribution in [-0.4, -0.2) is 26.1 Å². The summed E-state index contributed by atoms with van der Waals surface area (Å²) in [6, 6.07) is 11.0. The Labute approximate surface area is 188 Å². The van der Waals surface area contributed by atoms with E-state index in [0.717, 1.165) is 16.9 Å². The second kappa shape index (κ2) is 7.87. The van der Waals surface area contributed by atoms with Crippen molar-refractivity contribution >= 4 is 34.7 Å². The lowest BCUT2D eigenvalue weighted by Gasteiger charge is -2.19. The first kappa shape index (κ1) is 20.4. The van der Waals surface area contributed by atoms with E-state index in [1.807, 2.05) is 18.7 Å². The number of imidazole rings is 1. The molecule has 9 heteroatoms. The number of aryl methyl sites for hydroxylation is 1. The summed E-state index contributed by atoms with van der Waals surface area (Å²) in [5.74, 6) is 0.284. The van der Waals surface area contributed by atoms with Crippen LogP contribution in [-0.2, 0) is 0 Å². The molecule has 2 aromatic heterocycles. The lowest BCUT2D eigenvalue weighted by Crippen LogP contribution is -2.15. The van der Waals surface area contributed by atoms with Gasteiger partial charge in [-0.05, 0) is 49.4 Å². The van der Waals surface area contributed by atoms with Gasteiger partial charge in [0.2, 0.25) is 5.95 Å². The Morgan fingerprint density at radius 3 is 2.56 bits per heavy atom. The summed E-state index contributed by atoms with van der Waals surface area (Å²) in [6.45, 7) is 4.53. The Hall–Kier alpha value is -3.52. The van der Waals surface area contributed by atoms with Gasteiger partial charge >= 0.3 is 0 Å². The molecule has 0 radical (unpaired) electrons. The van der Waals surface area contributed by atoms with E-state index >= 15 is 0 Å². The molecule has 1 aliphatic rings. The van der Waals surface area contributed by atoms with Crippen LogP contribution in [0.3, 0.4) is 0 Å². The van der Waals surface area contributed by atoms with Gasteiger partial charge in [-0.25, -0.2) is 18.7 Å². The summed E-state index contributed by atoms with van der Waals surface area (Å²) in [7, 11) is 0. The molecule has 3 heterocycles. The van der Waals surface area contributed by atoms with Gasteiger partial charge in [0.25, 0.3) is 0 Å². The first-order chi connectivity index (χ1) is 15.4. The molecule has 0 saturated heterocycles. The number of nitrogens with one attached hydrogen (secondary N) is 1. The van der Waals surface area contributed by atoms with Gasteiger partial charge in [-0.3, -0.25) is 0 Å². The largest absolute Gasteiger partial charge is 0.325 e. The van der Waals surface area contributed by atoms with Crippen molar-refractivity contribution in [3.05, 3.63) is 83.0 Å². The van der Waals surface area contributed by atoms with Crippen molar-refractivity contribution in [2.45, 2.75) is 19.8 Å².